The highest BCUT2D eigenvalue weighted by Gasteiger charge is 2.31. The number of benzene rings is 1. The topological polar surface area (TPSA) is 9.23 Å². The fraction of sp³-hybridized carbons (Fsp3) is 0.125. The summed E-state index contributed by atoms with van der Waals surface area (Å²) < 4.78 is 39.5. The van der Waals surface area contributed by atoms with Crippen LogP contribution in [0.1, 0.15) is 5.56 Å². The van der Waals surface area contributed by atoms with Crippen LogP contribution in [0.25, 0.3) is 0 Å². The molecule has 13 heavy (non-hydrogen) atoms. The van der Waals surface area contributed by atoms with E-state index in [1.807, 2.05) is 0 Å². The first kappa shape index (κ1) is 10.4. The van der Waals surface area contributed by atoms with Crippen LogP contribution in [0, 0.1) is 6.92 Å². The quantitative estimate of drug-likeness (QED) is 0.744. The Balaban J connectivity index is 2.86. The molecular weight excluding hydrogens is 249 g/mol. The fourth-order valence-electron chi connectivity index (χ4n) is 0.748. The number of hydrogen-bond acceptors (Lipinski definition) is 1. The second-order valence-electron chi connectivity index (χ2n) is 2.30. The Morgan fingerprint density at radius 3 is 2.38 bits per heavy atom. The zero-order valence-electron chi connectivity index (χ0n) is 6.36. The lowest BCUT2D eigenvalue weighted by atomic mass is 10.2. The van der Waals surface area contributed by atoms with E-state index in [0.717, 1.165) is 0 Å². The highest BCUT2D eigenvalue weighted by Crippen LogP contribution is 2.26. The lowest BCUT2D eigenvalue weighted by Crippen LogP contribution is -2.17. The zero-order chi connectivity index (χ0) is 10.1. The molecule has 0 bridgehead atoms. The van der Waals surface area contributed by atoms with Gasteiger partial charge in [-0.1, -0.05) is 15.9 Å². The summed E-state index contributed by atoms with van der Waals surface area (Å²) in [5.41, 5.74) is 0.446. The maximum absolute atomic E-state index is 11.7. The van der Waals surface area contributed by atoms with E-state index in [-0.39, 0.29) is 5.75 Å². The van der Waals surface area contributed by atoms with Gasteiger partial charge in [-0.05, 0) is 30.7 Å². The molecule has 0 aliphatic rings. The van der Waals surface area contributed by atoms with E-state index in [2.05, 4.69) is 27.6 Å². The highest BCUT2D eigenvalue weighted by molar-refractivity contribution is 9.10. The largest absolute Gasteiger partial charge is 0.573 e. The van der Waals surface area contributed by atoms with Crippen molar-refractivity contribution in [2.45, 2.75) is 6.36 Å². The normalized spacial score (nSPS) is 11.5. The molecule has 1 rings (SSSR count). The van der Waals surface area contributed by atoms with Crippen molar-refractivity contribution in [3.8, 4) is 5.75 Å². The van der Waals surface area contributed by atoms with E-state index in [9.17, 15) is 13.2 Å². The Morgan fingerprint density at radius 2 is 1.92 bits per heavy atom. The molecule has 0 saturated heterocycles. The van der Waals surface area contributed by atoms with Crippen molar-refractivity contribution >= 4 is 15.9 Å². The molecule has 0 unspecified atom stereocenters. The summed E-state index contributed by atoms with van der Waals surface area (Å²) in [6.45, 7) is 3.52. The van der Waals surface area contributed by atoms with Gasteiger partial charge in [-0.3, -0.25) is 0 Å². The monoisotopic (exact) mass is 253 g/mol. The Morgan fingerprint density at radius 1 is 1.31 bits per heavy atom. The van der Waals surface area contributed by atoms with E-state index in [1.54, 1.807) is 0 Å². The van der Waals surface area contributed by atoms with Crippen LogP contribution in [0.15, 0.2) is 22.7 Å². The third kappa shape index (κ3) is 3.26. The Labute approximate surface area is 81.6 Å². The number of rotatable bonds is 1. The highest BCUT2D eigenvalue weighted by atomic mass is 79.9. The summed E-state index contributed by atoms with van der Waals surface area (Å²) in [5.74, 6) is -0.263. The Kier molecular flexibility index (Phi) is 2.85. The molecule has 0 heterocycles. The van der Waals surface area contributed by atoms with Gasteiger partial charge in [0.1, 0.15) is 5.75 Å². The summed E-state index contributed by atoms with van der Waals surface area (Å²) in [4.78, 5) is 0. The average Bonchev–Trinajstić information content (AvgIpc) is 1.94. The van der Waals surface area contributed by atoms with E-state index in [0.29, 0.717) is 10.0 Å². The fourth-order valence-corrected chi connectivity index (χ4v) is 0.995. The Hall–Kier alpha value is -0.710. The third-order valence-corrected chi connectivity index (χ3v) is 2.02. The van der Waals surface area contributed by atoms with Crippen molar-refractivity contribution in [1.82, 2.24) is 0 Å². The maximum Gasteiger partial charge on any atom is 0.573 e. The summed E-state index contributed by atoms with van der Waals surface area (Å²) in [7, 11) is 0. The molecule has 71 valence electrons. The molecule has 0 amide bonds. The van der Waals surface area contributed by atoms with Gasteiger partial charge in [0.15, 0.2) is 0 Å². The second-order valence-corrected chi connectivity index (χ2v) is 3.16. The lowest BCUT2D eigenvalue weighted by Gasteiger charge is -2.09. The molecule has 5 heteroatoms. The summed E-state index contributed by atoms with van der Waals surface area (Å²) in [6, 6.07) is 3.87. The molecule has 1 aromatic carbocycles. The lowest BCUT2D eigenvalue weighted by molar-refractivity contribution is -0.274. The number of halogens is 4. The number of alkyl halides is 3. The first-order valence-corrected chi connectivity index (χ1v) is 4.05. The van der Waals surface area contributed by atoms with Crippen molar-refractivity contribution < 1.29 is 17.9 Å². The van der Waals surface area contributed by atoms with Gasteiger partial charge in [0.2, 0.25) is 0 Å². The van der Waals surface area contributed by atoms with Crippen LogP contribution in [-0.2, 0) is 0 Å². The summed E-state index contributed by atoms with van der Waals surface area (Å²) in [5, 5.41) is 0. The van der Waals surface area contributed by atoms with Crippen molar-refractivity contribution in [1.29, 1.82) is 0 Å². The molecule has 1 aromatic rings. The van der Waals surface area contributed by atoms with Crippen molar-refractivity contribution in [3.63, 3.8) is 0 Å². The summed E-state index contributed by atoms with van der Waals surface area (Å²) >= 11 is 3.11. The third-order valence-electron chi connectivity index (χ3n) is 1.25. The molecular formula is C8H5BrF3O. The van der Waals surface area contributed by atoms with Gasteiger partial charge in [-0.25, -0.2) is 0 Å². The molecule has 0 atom stereocenters. The standard InChI is InChI=1S/C8H5BrF3O/c1-5-4-6(2-3-7(5)9)13-8(10,11)12/h2-4H,1H2. The summed E-state index contributed by atoms with van der Waals surface area (Å²) in [6.07, 6.45) is -4.65. The van der Waals surface area contributed by atoms with Crippen molar-refractivity contribution in [2.75, 3.05) is 0 Å². The molecule has 1 nitrogen and oxygen atoms in total. The van der Waals surface area contributed by atoms with Crippen LogP contribution in [0.4, 0.5) is 13.2 Å². The van der Waals surface area contributed by atoms with Crippen LogP contribution in [0.3, 0.4) is 0 Å². The first-order chi connectivity index (χ1) is 5.88. The van der Waals surface area contributed by atoms with E-state index < -0.39 is 6.36 Å². The van der Waals surface area contributed by atoms with Gasteiger partial charge >= 0.3 is 6.36 Å². The second kappa shape index (κ2) is 3.57. The van der Waals surface area contributed by atoms with Crippen LogP contribution < -0.4 is 4.74 Å². The van der Waals surface area contributed by atoms with Gasteiger partial charge in [0, 0.05) is 4.47 Å². The smallest absolute Gasteiger partial charge is 0.406 e. The molecule has 0 spiro atoms. The maximum atomic E-state index is 11.7. The van der Waals surface area contributed by atoms with Crippen LogP contribution in [0.5, 0.6) is 5.75 Å². The van der Waals surface area contributed by atoms with Crippen LogP contribution >= 0.6 is 15.9 Å². The zero-order valence-corrected chi connectivity index (χ0v) is 7.95. The number of ether oxygens (including phenoxy) is 1. The van der Waals surface area contributed by atoms with Crippen molar-refractivity contribution in [2.24, 2.45) is 0 Å². The van der Waals surface area contributed by atoms with Crippen molar-refractivity contribution in [3.05, 3.63) is 35.2 Å². The molecule has 0 N–H and O–H groups in total. The Bertz CT molecular complexity index is 309. The minimum absolute atomic E-state index is 0.263. The van der Waals surface area contributed by atoms with Crippen LogP contribution in [-0.4, -0.2) is 6.36 Å². The van der Waals surface area contributed by atoms with E-state index in [4.69, 9.17) is 0 Å². The van der Waals surface area contributed by atoms with Gasteiger partial charge in [0.05, 0.1) is 0 Å². The average molecular weight is 254 g/mol. The minimum atomic E-state index is -4.65. The molecule has 1 radical (unpaired) electrons. The van der Waals surface area contributed by atoms with Crippen LogP contribution in [0.2, 0.25) is 0 Å². The van der Waals surface area contributed by atoms with Gasteiger partial charge < -0.3 is 4.74 Å². The van der Waals surface area contributed by atoms with Gasteiger partial charge in [-0.2, -0.15) is 0 Å². The van der Waals surface area contributed by atoms with E-state index >= 15 is 0 Å². The molecule has 0 aliphatic carbocycles. The molecule has 0 fully saturated rings. The molecule has 0 aliphatic heterocycles. The molecule has 0 aromatic heterocycles. The predicted molar refractivity (Wildman–Crippen MR) is 45.3 cm³/mol. The predicted octanol–water partition coefficient (Wildman–Crippen LogP) is 3.53. The minimum Gasteiger partial charge on any atom is -0.406 e. The van der Waals surface area contributed by atoms with Gasteiger partial charge in [-0.15, -0.1) is 13.2 Å². The SMILES string of the molecule is [CH2]c1cc(OC(F)(F)F)ccc1Br. The van der Waals surface area contributed by atoms with E-state index in [1.165, 1.54) is 18.2 Å². The first-order valence-electron chi connectivity index (χ1n) is 3.26. The van der Waals surface area contributed by atoms with Gasteiger partial charge in [0.25, 0.3) is 0 Å². The molecule has 0 saturated carbocycles. The number of hydrogen-bond donors (Lipinski definition) is 0.